The maximum absolute atomic E-state index is 10.4. The first-order valence-electron chi connectivity index (χ1n) is 23.6. The van der Waals surface area contributed by atoms with Crippen molar-refractivity contribution in [3.8, 4) is 121 Å². The Labute approximate surface area is 513 Å². The van der Waals surface area contributed by atoms with Crippen LogP contribution in [0.25, 0.3) is 0 Å². The van der Waals surface area contributed by atoms with Gasteiger partial charge in [-0.15, -0.1) is 0 Å². The zero-order valence-electron chi connectivity index (χ0n) is 45.7. The molecule has 0 aliphatic carbocycles. The number of carboxylic acid groups (broad SMARTS) is 8. The Balaban J connectivity index is 0.000000532. The van der Waals surface area contributed by atoms with E-state index in [4.69, 9.17) is 148 Å². The summed E-state index contributed by atoms with van der Waals surface area (Å²) in [4.78, 5) is 82.6. The van der Waals surface area contributed by atoms with E-state index in [1.807, 2.05) is 0 Å². The van der Waals surface area contributed by atoms with Crippen molar-refractivity contribution in [2.24, 2.45) is 0 Å². The van der Waals surface area contributed by atoms with Crippen molar-refractivity contribution in [2.75, 3.05) is 0 Å². The van der Waals surface area contributed by atoms with E-state index < -0.39 is 179 Å². The molecule has 0 amide bonds. The average Bonchev–Trinajstić information content (AvgIpc) is 2.66. The number of carboxylic acids is 8. The highest BCUT2D eigenvalue weighted by molar-refractivity contribution is 5.96. The molecule has 8 rings (SSSR count). The van der Waals surface area contributed by atoms with Gasteiger partial charge in [0, 0.05) is 24.3 Å². The van der Waals surface area contributed by atoms with E-state index in [1.165, 1.54) is 30.3 Å². The van der Waals surface area contributed by atoms with Gasteiger partial charge in [0.15, 0.2) is 74.7 Å². The van der Waals surface area contributed by atoms with Crippen molar-refractivity contribution in [3.63, 3.8) is 0 Å². The van der Waals surface area contributed by atoms with Crippen LogP contribution in [0.2, 0.25) is 0 Å². The molecule has 0 aliphatic heterocycles. The van der Waals surface area contributed by atoms with Gasteiger partial charge >= 0.3 is 47.8 Å². The summed E-state index contributed by atoms with van der Waals surface area (Å²) in [5, 5.41) is 254. The first-order chi connectivity index (χ1) is 43.0. The predicted octanol–water partition coefficient (Wildman–Crippen LogP) is 4.90. The third-order valence-corrected chi connectivity index (χ3v) is 10.3. The Kier molecular flexibility index (Phi) is 27.8. The van der Waals surface area contributed by atoms with Crippen molar-refractivity contribution >= 4 is 47.8 Å². The van der Waals surface area contributed by atoms with Crippen molar-refractivity contribution in [2.45, 2.75) is 0 Å². The molecule has 0 fully saturated rings. The molecule has 0 aliphatic rings. The summed E-state index contributed by atoms with van der Waals surface area (Å²) in [7, 11) is 0. The molecule has 0 saturated carbocycles. The van der Waals surface area contributed by atoms with Gasteiger partial charge in [0.2, 0.25) is 5.75 Å². The summed E-state index contributed by atoms with van der Waals surface area (Å²) in [6, 6.07) is 19.4. The monoisotopic (exact) mass is 1310 g/mol. The number of rotatable bonds is 8. The number of benzene rings is 8. The van der Waals surface area contributed by atoms with Crippen LogP contribution >= 0.6 is 0 Å². The van der Waals surface area contributed by atoms with Crippen molar-refractivity contribution in [1.82, 2.24) is 0 Å². The smallest absolute Gasteiger partial charge is 0.343 e. The molecule has 37 heteroatoms. The van der Waals surface area contributed by atoms with Gasteiger partial charge in [-0.05, 0) is 84.9 Å². The van der Waals surface area contributed by atoms with Gasteiger partial charge in [-0.25, -0.2) is 38.4 Å². The molecule has 494 valence electrons. The van der Waals surface area contributed by atoms with Gasteiger partial charge in [-0.3, -0.25) is 0 Å². The normalized spacial score (nSPS) is 9.59. The van der Waals surface area contributed by atoms with E-state index in [9.17, 15) is 38.4 Å². The molecule has 8 aromatic rings. The lowest BCUT2D eigenvalue weighted by Gasteiger charge is -2.03. The van der Waals surface area contributed by atoms with E-state index in [1.54, 1.807) is 0 Å². The van der Waals surface area contributed by atoms with Crippen LogP contribution in [0.15, 0.2) is 115 Å². The minimum absolute atomic E-state index is 0.0553. The van der Waals surface area contributed by atoms with Gasteiger partial charge in [-0.1, -0.05) is 6.07 Å². The second-order valence-corrected chi connectivity index (χ2v) is 16.8. The second-order valence-electron chi connectivity index (χ2n) is 16.8. The van der Waals surface area contributed by atoms with Gasteiger partial charge in [-0.2, -0.15) is 0 Å². The number of aromatic hydroxyl groups is 21. The van der Waals surface area contributed by atoms with Gasteiger partial charge < -0.3 is 148 Å². The van der Waals surface area contributed by atoms with Crippen LogP contribution in [0.1, 0.15) is 82.9 Å². The fourth-order valence-electron chi connectivity index (χ4n) is 5.89. The summed E-state index contributed by atoms with van der Waals surface area (Å²) in [5.41, 5.74) is -3.17. The highest BCUT2D eigenvalue weighted by Crippen LogP contribution is 2.39. The Morgan fingerprint density at radius 2 is 0.559 bits per heavy atom. The largest absolute Gasteiger partial charge is 0.508 e. The molecule has 0 heterocycles. The second kappa shape index (κ2) is 33.9. The fourth-order valence-corrected chi connectivity index (χ4v) is 5.89. The van der Waals surface area contributed by atoms with Crippen LogP contribution in [0.3, 0.4) is 0 Å². The molecule has 0 atom stereocenters. The minimum atomic E-state index is -1.50. The van der Waals surface area contributed by atoms with Gasteiger partial charge in [0.05, 0.1) is 11.1 Å². The topological polar surface area (TPSA) is 723 Å². The van der Waals surface area contributed by atoms with E-state index in [2.05, 4.69) is 0 Å². The molecule has 8 aromatic carbocycles. The lowest BCUT2D eigenvalue weighted by atomic mass is 10.1. The van der Waals surface area contributed by atoms with Crippen molar-refractivity contribution < 1.29 is 186 Å². The van der Waals surface area contributed by atoms with Crippen LogP contribution in [0, 0.1) is 0 Å². The van der Waals surface area contributed by atoms with Crippen LogP contribution < -0.4 is 0 Å². The zero-order chi connectivity index (χ0) is 71.8. The number of hydrogen-bond donors (Lipinski definition) is 29. The quantitative estimate of drug-likeness (QED) is 0.0710. The van der Waals surface area contributed by atoms with Crippen molar-refractivity contribution in [3.05, 3.63) is 160 Å². The molecule has 0 aromatic heterocycles. The first kappa shape index (κ1) is 76.3. The molecule has 0 bridgehead atoms. The molecule has 0 radical (unpaired) electrons. The Morgan fingerprint density at radius 3 is 0.989 bits per heavy atom. The van der Waals surface area contributed by atoms with E-state index in [-0.39, 0.29) is 33.8 Å². The van der Waals surface area contributed by atoms with Crippen LogP contribution in [0.4, 0.5) is 0 Å². The summed E-state index contributed by atoms with van der Waals surface area (Å²) in [5.74, 6) is -22.8. The number of phenolic OH excluding ortho intramolecular Hbond substituents is 13. The summed E-state index contributed by atoms with van der Waals surface area (Å²) in [6.07, 6.45) is 0. The van der Waals surface area contributed by atoms with E-state index in [0.717, 1.165) is 84.9 Å². The Bertz CT molecular complexity index is 4050. The molecule has 0 saturated heterocycles. The minimum Gasteiger partial charge on any atom is -0.508 e. The third-order valence-electron chi connectivity index (χ3n) is 10.3. The molecule has 0 spiro atoms. The fraction of sp³-hybridized carbons (Fsp3) is 0. The zero-order valence-corrected chi connectivity index (χ0v) is 45.7. The van der Waals surface area contributed by atoms with Crippen LogP contribution in [-0.4, -0.2) is 196 Å². The van der Waals surface area contributed by atoms with Gasteiger partial charge in [0.25, 0.3) is 0 Å². The highest BCUT2D eigenvalue weighted by atomic mass is 16.4. The number of carbonyl (C=O) groups is 8. The first-order valence-corrected chi connectivity index (χ1v) is 23.6. The number of phenols is 21. The lowest BCUT2D eigenvalue weighted by Crippen LogP contribution is -1.97. The Morgan fingerprint density at radius 1 is 0.194 bits per heavy atom. The maximum Gasteiger partial charge on any atom is 0.343 e. The molecular formula is C56H48O37. The molecule has 37 nitrogen and oxygen atoms in total. The summed E-state index contributed by atoms with van der Waals surface area (Å²) >= 11 is 0. The number of hydrogen-bond acceptors (Lipinski definition) is 29. The standard InChI is InChI=1S/5C7H6O5.3C7H6O4/c8-3-1-4(9)6(7(11)12)5(10)2-3;8-3-1-4(7(11)12)6(10)5(9)2-3;8-4-1-3(7(11)12)2-5(9)6(4)10;8-3-1-2-4(9)6(10)5(3)7(11)12;8-4-2-1-3(7(11)12)5(9)6(4)10;8-4-1-2-5(7(10)11)6(9)3-4;8-5-2-1-4(7(10)11)3-6(5)9;8-5-3-1-2-4(6(5)9)7(10)11/h5*1-2,8-10H,(H,11,12);3*1-3,8-9H,(H,10,11). The average molecular weight is 1310 g/mol. The molecule has 0 unspecified atom stereocenters. The van der Waals surface area contributed by atoms with E-state index in [0.29, 0.717) is 0 Å². The summed E-state index contributed by atoms with van der Waals surface area (Å²) in [6.45, 7) is 0. The maximum atomic E-state index is 10.4. The third kappa shape index (κ3) is 22.6. The van der Waals surface area contributed by atoms with Crippen molar-refractivity contribution in [1.29, 1.82) is 0 Å². The highest BCUT2D eigenvalue weighted by Gasteiger charge is 2.20. The molecule has 29 N–H and O–H groups in total. The predicted molar refractivity (Wildman–Crippen MR) is 302 cm³/mol. The SMILES string of the molecule is O=C(O)c1c(O)cc(O)cc1O.O=C(O)c1c(O)ccc(O)c1O.O=C(O)c1cc(O)c(O)c(O)c1.O=C(O)c1cc(O)cc(O)c1O.O=C(O)c1ccc(O)c(O)c1.O=C(O)c1ccc(O)c(O)c1O.O=C(O)c1ccc(O)cc1O.O=C(O)c1cccc(O)c1O. The summed E-state index contributed by atoms with van der Waals surface area (Å²) < 4.78 is 0. The lowest BCUT2D eigenvalue weighted by molar-refractivity contribution is 0.0678. The van der Waals surface area contributed by atoms with E-state index >= 15 is 0 Å². The number of aromatic carboxylic acids is 8. The van der Waals surface area contributed by atoms with Crippen LogP contribution in [0.5, 0.6) is 121 Å². The van der Waals surface area contributed by atoms with Gasteiger partial charge in [0.1, 0.15) is 73.6 Å². The van der Waals surface area contributed by atoms with Crippen LogP contribution in [-0.2, 0) is 0 Å². The molecule has 93 heavy (non-hydrogen) atoms. The Hall–Kier alpha value is -14.7. The number of para-hydroxylation sites is 1. The molecular weight excluding hydrogens is 1260 g/mol.